The highest BCUT2D eigenvalue weighted by atomic mass is 35.5. The summed E-state index contributed by atoms with van der Waals surface area (Å²) in [4.78, 5) is 2.28. The second-order valence-electron chi connectivity index (χ2n) is 3.46. The van der Waals surface area contributed by atoms with Crippen molar-refractivity contribution < 1.29 is 5.11 Å². The fourth-order valence-corrected chi connectivity index (χ4v) is 1.57. The Hall–Kier alpha value is 0.210. The summed E-state index contributed by atoms with van der Waals surface area (Å²) in [7, 11) is 0. The summed E-state index contributed by atoms with van der Waals surface area (Å²) < 4.78 is 0. The molecule has 2 atom stereocenters. The predicted octanol–water partition coefficient (Wildman–Crippen LogP) is 0.928. The third kappa shape index (κ3) is 2.97. The molecule has 2 unspecified atom stereocenters. The number of hydrogen-bond donors (Lipinski definition) is 1. The highest BCUT2D eigenvalue weighted by Crippen LogP contribution is 2.11. The number of likely N-dealkylation sites (tertiary alicyclic amines) is 1. The highest BCUT2D eigenvalue weighted by Gasteiger charge is 2.20. The summed E-state index contributed by atoms with van der Waals surface area (Å²) in [5, 5.41) is 9.21. The number of aliphatic hydroxyl groups excluding tert-OH is 1. The van der Waals surface area contributed by atoms with Crippen molar-refractivity contribution in [3.63, 3.8) is 0 Å². The van der Waals surface area contributed by atoms with E-state index in [0.29, 0.717) is 11.8 Å². The van der Waals surface area contributed by atoms with Crippen LogP contribution in [-0.2, 0) is 0 Å². The van der Waals surface area contributed by atoms with Crippen molar-refractivity contribution in [1.82, 2.24) is 4.90 Å². The monoisotopic (exact) mass is 177 g/mol. The van der Waals surface area contributed by atoms with E-state index < -0.39 is 0 Å². The number of nitrogens with zero attached hydrogens (tertiary/aromatic N) is 1. The summed E-state index contributed by atoms with van der Waals surface area (Å²) >= 11 is 5.68. The van der Waals surface area contributed by atoms with Gasteiger partial charge in [-0.15, -0.1) is 11.6 Å². The van der Waals surface area contributed by atoms with Crippen LogP contribution in [-0.4, -0.2) is 41.6 Å². The van der Waals surface area contributed by atoms with Crippen molar-refractivity contribution in [3.05, 3.63) is 0 Å². The van der Waals surface area contributed by atoms with Gasteiger partial charge in [0.05, 0.1) is 6.10 Å². The molecule has 0 aromatic carbocycles. The van der Waals surface area contributed by atoms with Crippen LogP contribution in [0.1, 0.15) is 13.3 Å². The van der Waals surface area contributed by atoms with Crippen molar-refractivity contribution in [2.45, 2.75) is 19.4 Å². The zero-order valence-corrected chi connectivity index (χ0v) is 7.72. The van der Waals surface area contributed by atoms with Gasteiger partial charge in [0.2, 0.25) is 0 Å². The minimum absolute atomic E-state index is 0.0995. The first-order chi connectivity index (χ1) is 5.22. The number of hydrogen-bond acceptors (Lipinski definition) is 2. The maximum Gasteiger partial charge on any atom is 0.0679 e. The molecule has 0 amide bonds. The zero-order valence-electron chi connectivity index (χ0n) is 6.96. The second-order valence-corrected chi connectivity index (χ2v) is 3.77. The molecule has 2 nitrogen and oxygen atoms in total. The van der Waals surface area contributed by atoms with E-state index in [9.17, 15) is 5.11 Å². The minimum Gasteiger partial charge on any atom is -0.392 e. The van der Waals surface area contributed by atoms with E-state index in [1.165, 1.54) is 0 Å². The summed E-state index contributed by atoms with van der Waals surface area (Å²) in [5.41, 5.74) is 0. The van der Waals surface area contributed by atoms with Gasteiger partial charge >= 0.3 is 0 Å². The molecule has 66 valence electrons. The van der Waals surface area contributed by atoms with Crippen LogP contribution >= 0.6 is 11.6 Å². The first-order valence-corrected chi connectivity index (χ1v) is 4.72. The molecule has 0 bridgehead atoms. The molecule has 1 fully saturated rings. The van der Waals surface area contributed by atoms with Crippen LogP contribution in [0.2, 0.25) is 0 Å². The standard InChI is InChI=1S/C8H16ClNO/c1-7(4-9)5-10-3-2-8(11)6-10/h7-8,11H,2-6H2,1H3. The molecule has 1 aliphatic rings. The minimum atomic E-state index is -0.0995. The maximum atomic E-state index is 9.21. The molecule has 0 radical (unpaired) electrons. The largest absolute Gasteiger partial charge is 0.392 e. The van der Waals surface area contributed by atoms with Crippen molar-refractivity contribution in [3.8, 4) is 0 Å². The normalized spacial score (nSPS) is 29.2. The molecule has 0 aromatic heterocycles. The predicted molar refractivity (Wildman–Crippen MR) is 46.9 cm³/mol. The first-order valence-electron chi connectivity index (χ1n) is 4.18. The van der Waals surface area contributed by atoms with E-state index in [0.717, 1.165) is 26.1 Å². The lowest BCUT2D eigenvalue weighted by Gasteiger charge is -2.18. The van der Waals surface area contributed by atoms with Crippen LogP contribution in [0.5, 0.6) is 0 Å². The van der Waals surface area contributed by atoms with Crippen LogP contribution in [0.4, 0.5) is 0 Å². The summed E-state index contributed by atoms with van der Waals surface area (Å²) in [6, 6.07) is 0. The van der Waals surface area contributed by atoms with Gasteiger partial charge in [-0.25, -0.2) is 0 Å². The van der Waals surface area contributed by atoms with Gasteiger partial charge in [-0.05, 0) is 12.3 Å². The fraction of sp³-hybridized carbons (Fsp3) is 1.00. The Kier molecular flexibility index (Phi) is 3.63. The molecule has 1 saturated heterocycles. The molecule has 3 heteroatoms. The molecule has 0 saturated carbocycles. The van der Waals surface area contributed by atoms with Gasteiger partial charge in [-0.1, -0.05) is 6.92 Å². The zero-order chi connectivity index (χ0) is 8.27. The Labute approximate surface area is 73.1 Å². The van der Waals surface area contributed by atoms with Crippen LogP contribution in [0.25, 0.3) is 0 Å². The number of rotatable bonds is 3. The van der Waals surface area contributed by atoms with Crippen molar-refractivity contribution in [2.75, 3.05) is 25.5 Å². The van der Waals surface area contributed by atoms with Gasteiger partial charge in [0.1, 0.15) is 0 Å². The third-order valence-corrected chi connectivity index (χ3v) is 2.61. The Bertz CT molecular complexity index is 121. The third-order valence-electron chi connectivity index (χ3n) is 2.08. The summed E-state index contributed by atoms with van der Waals surface area (Å²) in [6.07, 6.45) is 0.826. The van der Waals surface area contributed by atoms with Crippen LogP contribution < -0.4 is 0 Å². The SMILES string of the molecule is CC(CCl)CN1CCC(O)C1. The number of alkyl halides is 1. The number of halogens is 1. The molecule has 0 aromatic rings. The highest BCUT2D eigenvalue weighted by molar-refractivity contribution is 6.18. The van der Waals surface area contributed by atoms with Gasteiger partial charge in [0.25, 0.3) is 0 Å². The van der Waals surface area contributed by atoms with Gasteiger partial charge in [-0.3, -0.25) is 0 Å². The maximum absolute atomic E-state index is 9.21. The van der Waals surface area contributed by atoms with Gasteiger partial charge in [0, 0.05) is 25.5 Å². The van der Waals surface area contributed by atoms with Crippen molar-refractivity contribution >= 4 is 11.6 Å². The quantitative estimate of drug-likeness (QED) is 0.649. The average molecular weight is 178 g/mol. The lowest BCUT2D eigenvalue weighted by molar-refractivity contribution is 0.172. The smallest absolute Gasteiger partial charge is 0.0679 e. The Morgan fingerprint density at radius 1 is 1.73 bits per heavy atom. The molecule has 11 heavy (non-hydrogen) atoms. The van der Waals surface area contributed by atoms with Gasteiger partial charge in [-0.2, -0.15) is 0 Å². The topological polar surface area (TPSA) is 23.5 Å². The lowest BCUT2D eigenvalue weighted by atomic mass is 10.2. The molecule has 1 rings (SSSR count). The Morgan fingerprint density at radius 2 is 2.45 bits per heavy atom. The Balaban J connectivity index is 2.17. The lowest BCUT2D eigenvalue weighted by Crippen LogP contribution is -2.27. The Morgan fingerprint density at radius 3 is 2.91 bits per heavy atom. The van der Waals surface area contributed by atoms with Crippen molar-refractivity contribution in [2.24, 2.45) is 5.92 Å². The van der Waals surface area contributed by atoms with Crippen LogP contribution in [0.3, 0.4) is 0 Å². The van der Waals surface area contributed by atoms with E-state index in [4.69, 9.17) is 11.6 Å². The molecule has 1 aliphatic heterocycles. The van der Waals surface area contributed by atoms with Crippen LogP contribution in [0.15, 0.2) is 0 Å². The first kappa shape index (κ1) is 9.30. The van der Waals surface area contributed by atoms with E-state index >= 15 is 0 Å². The van der Waals surface area contributed by atoms with E-state index in [2.05, 4.69) is 11.8 Å². The molecule has 0 aliphatic carbocycles. The molecule has 1 N–H and O–H groups in total. The molecule has 0 spiro atoms. The average Bonchev–Trinajstić information content (AvgIpc) is 2.35. The second kappa shape index (κ2) is 4.29. The van der Waals surface area contributed by atoms with E-state index in [-0.39, 0.29) is 6.10 Å². The number of aliphatic hydroxyl groups is 1. The van der Waals surface area contributed by atoms with Crippen molar-refractivity contribution in [1.29, 1.82) is 0 Å². The fourth-order valence-electron chi connectivity index (χ4n) is 1.47. The summed E-state index contributed by atoms with van der Waals surface area (Å²) in [6.45, 7) is 5.03. The van der Waals surface area contributed by atoms with E-state index in [1.54, 1.807) is 0 Å². The molecule has 1 heterocycles. The molecular formula is C8H16ClNO. The van der Waals surface area contributed by atoms with Gasteiger partial charge < -0.3 is 10.0 Å². The summed E-state index contributed by atoms with van der Waals surface area (Å²) in [5.74, 6) is 1.26. The van der Waals surface area contributed by atoms with E-state index in [1.807, 2.05) is 0 Å². The number of β-amino-alcohol motifs (C(OH)–C–C–N with tert-alkyl or cyclic N) is 1. The van der Waals surface area contributed by atoms with Gasteiger partial charge in [0.15, 0.2) is 0 Å². The molecular weight excluding hydrogens is 162 g/mol. The van der Waals surface area contributed by atoms with Crippen LogP contribution in [0, 0.1) is 5.92 Å².